The van der Waals surface area contributed by atoms with E-state index in [9.17, 15) is 4.55 Å². The third-order valence-corrected chi connectivity index (χ3v) is 3.23. The van der Waals surface area contributed by atoms with Gasteiger partial charge in [-0.25, -0.2) is 0 Å². The van der Waals surface area contributed by atoms with Crippen LogP contribution in [0, 0.1) is 0 Å². The topological polar surface area (TPSA) is 35.4 Å². The highest BCUT2D eigenvalue weighted by Crippen LogP contribution is 2.17. The van der Waals surface area contributed by atoms with E-state index in [1.165, 1.54) is 0 Å². The van der Waals surface area contributed by atoms with Gasteiger partial charge in [0.1, 0.15) is 16.1 Å². The third-order valence-electron chi connectivity index (χ3n) is 1.43. The molecule has 0 heterocycles. The molecule has 0 spiro atoms. The summed E-state index contributed by atoms with van der Waals surface area (Å²) in [5.41, 5.74) is 0.925. The van der Waals surface area contributed by atoms with Gasteiger partial charge in [0.05, 0.1) is 5.71 Å². The molecule has 0 aromatic carbocycles. The van der Waals surface area contributed by atoms with Crippen molar-refractivity contribution in [2.45, 2.75) is 45.3 Å². The van der Waals surface area contributed by atoms with Crippen molar-refractivity contribution >= 4 is 28.7 Å². The molecule has 0 aliphatic heterocycles. The molecule has 13 heavy (non-hydrogen) atoms. The first kappa shape index (κ1) is 13.3. The molecule has 0 rings (SSSR count). The summed E-state index contributed by atoms with van der Waals surface area (Å²) in [6, 6.07) is 0. The van der Waals surface area contributed by atoms with Crippen LogP contribution >= 0.6 is 11.6 Å². The van der Waals surface area contributed by atoms with Crippen LogP contribution in [0.15, 0.2) is 4.40 Å². The van der Waals surface area contributed by atoms with E-state index in [1.54, 1.807) is 0 Å². The Morgan fingerprint density at radius 2 is 2.00 bits per heavy atom. The van der Waals surface area contributed by atoms with Gasteiger partial charge in [0.2, 0.25) is 0 Å². The Balaban J connectivity index is 4.06. The lowest BCUT2D eigenvalue weighted by Crippen LogP contribution is -2.26. The molecule has 1 atom stereocenters. The summed E-state index contributed by atoms with van der Waals surface area (Å²) in [4.78, 5) is 0. The van der Waals surface area contributed by atoms with Crippen molar-refractivity contribution < 1.29 is 4.55 Å². The molecule has 0 radical (unpaired) electrons. The maximum Gasteiger partial charge on any atom is 0.144 e. The van der Waals surface area contributed by atoms with Gasteiger partial charge in [-0.2, -0.15) is 0 Å². The average molecular weight is 224 g/mol. The van der Waals surface area contributed by atoms with Gasteiger partial charge in [-0.15, -0.1) is 11.6 Å². The molecular formula is C9H18ClNOS. The van der Waals surface area contributed by atoms with Crippen LogP contribution in [0.5, 0.6) is 0 Å². The van der Waals surface area contributed by atoms with Gasteiger partial charge in [-0.3, -0.25) is 0 Å². The van der Waals surface area contributed by atoms with E-state index in [-0.39, 0.29) is 4.75 Å². The minimum atomic E-state index is -1.13. The molecule has 0 aliphatic rings. The number of nitrogens with zero attached hydrogens (tertiary/aromatic N) is 1. The first-order valence-corrected chi connectivity index (χ1v) is 6.04. The maximum atomic E-state index is 11.5. The van der Waals surface area contributed by atoms with E-state index in [0.29, 0.717) is 5.88 Å². The summed E-state index contributed by atoms with van der Waals surface area (Å²) in [7, 11) is 0. The summed E-state index contributed by atoms with van der Waals surface area (Å²) in [6.07, 6.45) is 1.74. The van der Waals surface area contributed by atoms with Crippen molar-refractivity contribution in [3.05, 3.63) is 0 Å². The highest BCUT2D eigenvalue weighted by atomic mass is 35.5. The Morgan fingerprint density at radius 3 is 2.38 bits per heavy atom. The minimum absolute atomic E-state index is 0.262. The lowest BCUT2D eigenvalue weighted by Gasteiger charge is -2.18. The fraction of sp³-hybridized carbons (Fsp3) is 0.889. The van der Waals surface area contributed by atoms with Crippen LogP contribution in [0.2, 0.25) is 0 Å². The average Bonchev–Trinajstić information content (AvgIpc) is 1.99. The quantitative estimate of drug-likeness (QED) is 0.410. The molecular weight excluding hydrogens is 206 g/mol. The first-order chi connectivity index (χ1) is 5.88. The SMILES string of the molecule is C/C(CCCCl)=N\[S@+]([O-])C(C)(C)C. The Bertz CT molecular complexity index is 177. The van der Waals surface area contributed by atoms with Crippen molar-refractivity contribution in [1.82, 2.24) is 0 Å². The number of rotatable bonds is 4. The van der Waals surface area contributed by atoms with E-state index < -0.39 is 11.4 Å². The van der Waals surface area contributed by atoms with Crippen molar-refractivity contribution in [2.24, 2.45) is 4.40 Å². The standard InChI is InChI=1S/C9H18ClNOS/c1-8(6-5-7-10)11-13(12)9(2,3)4/h5-7H2,1-4H3/b11-8+/t13-/m1/s1. The Morgan fingerprint density at radius 1 is 1.46 bits per heavy atom. The highest BCUT2D eigenvalue weighted by Gasteiger charge is 2.26. The largest absolute Gasteiger partial charge is 0.591 e. The highest BCUT2D eigenvalue weighted by molar-refractivity contribution is 7.91. The van der Waals surface area contributed by atoms with Crippen LogP contribution in [-0.4, -0.2) is 20.9 Å². The van der Waals surface area contributed by atoms with Gasteiger partial charge in [0.15, 0.2) is 0 Å². The summed E-state index contributed by atoms with van der Waals surface area (Å²) in [6.45, 7) is 7.65. The van der Waals surface area contributed by atoms with Crippen molar-refractivity contribution in [1.29, 1.82) is 0 Å². The molecule has 0 fully saturated rings. The molecule has 2 nitrogen and oxygen atoms in total. The number of alkyl halides is 1. The van der Waals surface area contributed by atoms with Crippen molar-refractivity contribution in [3.8, 4) is 0 Å². The maximum absolute atomic E-state index is 11.5. The second-order valence-electron chi connectivity index (χ2n) is 3.98. The lowest BCUT2D eigenvalue weighted by molar-refractivity contribution is 0.561. The van der Waals surface area contributed by atoms with Crippen LogP contribution < -0.4 is 0 Å². The smallest absolute Gasteiger partial charge is 0.144 e. The van der Waals surface area contributed by atoms with E-state index in [4.69, 9.17) is 11.6 Å². The van der Waals surface area contributed by atoms with E-state index >= 15 is 0 Å². The summed E-state index contributed by atoms with van der Waals surface area (Å²) >= 11 is 4.42. The second kappa shape index (κ2) is 5.89. The third kappa shape index (κ3) is 6.36. The molecule has 0 amide bonds. The number of hydrogen-bond donors (Lipinski definition) is 0. The molecule has 0 aliphatic carbocycles. The van der Waals surface area contributed by atoms with Gasteiger partial charge in [-0.1, -0.05) is 4.40 Å². The molecule has 78 valence electrons. The zero-order chi connectivity index (χ0) is 10.5. The number of halogens is 1. The fourth-order valence-electron chi connectivity index (χ4n) is 0.647. The van der Waals surface area contributed by atoms with E-state index in [0.717, 1.165) is 18.6 Å². The predicted octanol–water partition coefficient (Wildman–Crippen LogP) is 2.93. The van der Waals surface area contributed by atoms with Crippen LogP contribution in [0.25, 0.3) is 0 Å². The Labute approximate surface area is 89.1 Å². The molecule has 0 unspecified atom stereocenters. The van der Waals surface area contributed by atoms with Crippen molar-refractivity contribution in [2.75, 3.05) is 5.88 Å². The fourth-order valence-corrected chi connectivity index (χ4v) is 1.43. The van der Waals surface area contributed by atoms with Gasteiger partial charge in [0, 0.05) is 5.88 Å². The minimum Gasteiger partial charge on any atom is -0.591 e. The molecule has 0 bridgehead atoms. The zero-order valence-electron chi connectivity index (χ0n) is 8.76. The monoisotopic (exact) mass is 223 g/mol. The predicted molar refractivity (Wildman–Crippen MR) is 61.0 cm³/mol. The summed E-state index contributed by atoms with van der Waals surface area (Å²) < 4.78 is 15.4. The summed E-state index contributed by atoms with van der Waals surface area (Å²) in [5, 5.41) is 0. The number of hydrogen-bond acceptors (Lipinski definition) is 2. The molecule has 4 heteroatoms. The first-order valence-electron chi connectivity index (χ1n) is 4.40. The molecule has 0 aromatic heterocycles. The van der Waals surface area contributed by atoms with Gasteiger partial charge in [0.25, 0.3) is 0 Å². The Hall–Kier alpha value is 0.270. The van der Waals surface area contributed by atoms with Crippen LogP contribution in [0.3, 0.4) is 0 Å². The van der Waals surface area contributed by atoms with Gasteiger partial charge < -0.3 is 4.55 Å². The van der Waals surface area contributed by atoms with Crippen LogP contribution in [-0.2, 0) is 11.4 Å². The molecule has 0 aromatic rings. The molecule has 0 saturated heterocycles. The van der Waals surface area contributed by atoms with Gasteiger partial charge >= 0.3 is 0 Å². The van der Waals surface area contributed by atoms with E-state index in [1.807, 2.05) is 27.7 Å². The zero-order valence-corrected chi connectivity index (χ0v) is 10.3. The molecule has 0 N–H and O–H groups in total. The van der Waals surface area contributed by atoms with Crippen LogP contribution in [0.4, 0.5) is 0 Å². The molecule has 0 saturated carbocycles. The van der Waals surface area contributed by atoms with Gasteiger partial charge in [-0.05, 0) is 40.5 Å². The Kier molecular flexibility index (Phi) is 6.01. The second-order valence-corrected chi connectivity index (χ2v) is 6.26. The van der Waals surface area contributed by atoms with E-state index in [2.05, 4.69) is 4.40 Å². The van der Waals surface area contributed by atoms with Crippen molar-refractivity contribution in [3.63, 3.8) is 0 Å². The lowest BCUT2D eigenvalue weighted by atomic mass is 10.2. The van der Waals surface area contributed by atoms with Crippen LogP contribution in [0.1, 0.15) is 40.5 Å². The normalized spacial score (nSPS) is 16.0. The summed E-state index contributed by atoms with van der Waals surface area (Å²) in [5.74, 6) is 0.634.